The van der Waals surface area contributed by atoms with Gasteiger partial charge < -0.3 is 29.0 Å². The van der Waals surface area contributed by atoms with Crippen LogP contribution in [0.4, 0.5) is 10.5 Å². The van der Waals surface area contributed by atoms with Crippen LogP contribution in [0.5, 0.6) is 17.4 Å². The smallest absolute Gasteiger partial charge is 0.414 e. The summed E-state index contributed by atoms with van der Waals surface area (Å²) in [6.45, 7) is 2.03. The van der Waals surface area contributed by atoms with Gasteiger partial charge in [0.2, 0.25) is 12.7 Å². The molecule has 3 aliphatic rings. The van der Waals surface area contributed by atoms with Gasteiger partial charge in [-0.1, -0.05) is 0 Å². The first kappa shape index (κ1) is 20.4. The molecule has 2 fully saturated rings. The van der Waals surface area contributed by atoms with Gasteiger partial charge in [-0.05, 0) is 18.2 Å². The maximum atomic E-state index is 12.5. The Balaban J connectivity index is 1.13. The molecule has 1 aromatic carbocycles. The number of carbonyl (C=O) groups is 2. The van der Waals surface area contributed by atoms with Gasteiger partial charge in [0.05, 0.1) is 37.6 Å². The molecule has 1 aromatic heterocycles. The fourth-order valence-electron chi connectivity index (χ4n) is 3.75. The van der Waals surface area contributed by atoms with Crippen LogP contribution in [0.1, 0.15) is 23.2 Å². The number of nitrogens with one attached hydrogen (secondary N) is 1. The second kappa shape index (κ2) is 8.91. The molecule has 2 amide bonds. The van der Waals surface area contributed by atoms with Gasteiger partial charge in [0.15, 0.2) is 11.5 Å². The lowest BCUT2D eigenvalue weighted by molar-refractivity contribution is 0.0237. The summed E-state index contributed by atoms with van der Waals surface area (Å²) in [5.41, 5.74) is 1.05. The lowest BCUT2D eigenvalue weighted by Gasteiger charge is -2.22. The lowest BCUT2D eigenvalue weighted by atomic mass is 10.1. The summed E-state index contributed by atoms with van der Waals surface area (Å²) in [5, 5.41) is 2.79. The highest BCUT2D eigenvalue weighted by Gasteiger charge is 2.33. The van der Waals surface area contributed by atoms with Crippen molar-refractivity contribution < 1.29 is 33.3 Å². The summed E-state index contributed by atoms with van der Waals surface area (Å²) in [6, 6.07) is 8.60. The van der Waals surface area contributed by atoms with E-state index < -0.39 is 12.2 Å². The number of cyclic esters (lactones) is 1. The van der Waals surface area contributed by atoms with Crippen molar-refractivity contribution in [2.45, 2.75) is 25.0 Å². The minimum Gasteiger partial charge on any atom is -0.474 e. The van der Waals surface area contributed by atoms with Crippen molar-refractivity contribution in [2.75, 3.05) is 38.0 Å². The van der Waals surface area contributed by atoms with Gasteiger partial charge >= 0.3 is 6.09 Å². The third-order valence-electron chi connectivity index (χ3n) is 5.49. The average molecular weight is 441 g/mol. The second-order valence-corrected chi connectivity index (χ2v) is 7.68. The van der Waals surface area contributed by atoms with Crippen molar-refractivity contribution in [3.8, 4) is 17.4 Å². The molecule has 0 aliphatic carbocycles. The Morgan fingerprint density at radius 3 is 2.81 bits per heavy atom. The Bertz CT molecular complexity index is 992. The zero-order valence-corrected chi connectivity index (χ0v) is 17.3. The highest BCUT2D eigenvalue weighted by molar-refractivity contribution is 5.94. The summed E-state index contributed by atoms with van der Waals surface area (Å²) in [7, 11) is 0. The lowest BCUT2D eigenvalue weighted by Crippen LogP contribution is -2.34. The fraction of sp³-hybridized carbons (Fsp3) is 0.409. The van der Waals surface area contributed by atoms with Gasteiger partial charge in [-0.15, -0.1) is 0 Å². The summed E-state index contributed by atoms with van der Waals surface area (Å²) in [5.74, 6) is 1.41. The molecule has 1 unspecified atom stereocenters. The summed E-state index contributed by atoms with van der Waals surface area (Å²) in [4.78, 5) is 30.5. The number of aromatic nitrogens is 1. The predicted molar refractivity (Wildman–Crippen MR) is 111 cm³/mol. The standard InChI is InChI=1S/C22H23N3O7/c26-21(14-1-4-20(23-10-14)31-16-5-7-28-8-6-16)24-11-17-12-25(22(27)32-17)15-2-3-18-19(9-15)30-13-29-18/h1-4,9-10,16-17H,5-8,11-13H2,(H,24,26). The summed E-state index contributed by atoms with van der Waals surface area (Å²) < 4.78 is 27.2. The van der Waals surface area contributed by atoms with E-state index in [1.807, 2.05) is 0 Å². The topological polar surface area (TPSA) is 108 Å². The quantitative estimate of drug-likeness (QED) is 0.726. The van der Waals surface area contributed by atoms with E-state index >= 15 is 0 Å². The van der Waals surface area contributed by atoms with E-state index in [-0.39, 0.29) is 25.3 Å². The minimum atomic E-state index is -0.473. The Morgan fingerprint density at radius 2 is 2.00 bits per heavy atom. The van der Waals surface area contributed by atoms with Crippen LogP contribution < -0.4 is 24.4 Å². The Hall–Kier alpha value is -3.53. The third-order valence-corrected chi connectivity index (χ3v) is 5.49. The Labute approximate surface area is 184 Å². The number of anilines is 1. The number of nitrogens with zero attached hydrogens (tertiary/aromatic N) is 2. The SMILES string of the molecule is O=C(NCC1CN(c2ccc3c(c2)OCO3)C(=O)O1)c1ccc(OC2CCOCC2)nc1. The molecule has 2 aromatic rings. The fourth-order valence-corrected chi connectivity index (χ4v) is 3.75. The van der Waals surface area contributed by atoms with Gasteiger partial charge in [-0.25, -0.2) is 9.78 Å². The molecule has 4 heterocycles. The van der Waals surface area contributed by atoms with E-state index in [2.05, 4.69) is 10.3 Å². The number of fused-ring (bicyclic) bond motifs is 1. The first-order valence-corrected chi connectivity index (χ1v) is 10.5. The van der Waals surface area contributed by atoms with Crippen LogP contribution in [0, 0.1) is 0 Å². The first-order chi connectivity index (χ1) is 15.7. The van der Waals surface area contributed by atoms with Crippen molar-refractivity contribution >= 4 is 17.7 Å². The molecule has 0 radical (unpaired) electrons. The predicted octanol–water partition coefficient (Wildman–Crippen LogP) is 2.12. The molecule has 0 saturated carbocycles. The van der Waals surface area contributed by atoms with E-state index in [9.17, 15) is 9.59 Å². The number of carbonyl (C=O) groups excluding carboxylic acids is 2. The molecular weight excluding hydrogens is 418 g/mol. The van der Waals surface area contributed by atoms with Crippen LogP contribution in [0.25, 0.3) is 0 Å². The molecule has 0 spiro atoms. The summed E-state index contributed by atoms with van der Waals surface area (Å²) >= 11 is 0. The van der Waals surface area contributed by atoms with Gasteiger partial charge in [0.1, 0.15) is 12.2 Å². The highest BCUT2D eigenvalue weighted by atomic mass is 16.7. The Kier molecular flexibility index (Phi) is 5.68. The van der Waals surface area contributed by atoms with Crippen molar-refractivity contribution in [1.82, 2.24) is 10.3 Å². The number of benzene rings is 1. The summed E-state index contributed by atoms with van der Waals surface area (Å²) in [6.07, 6.45) is 2.27. The van der Waals surface area contributed by atoms with Crippen molar-refractivity contribution in [2.24, 2.45) is 0 Å². The van der Waals surface area contributed by atoms with E-state index in [0.29, 0.717) is 48.4 Å². The molecule has 32 heavy (non-hydrogen) atoms. The van der Waals surface area contributed by atoms with Crippen LogP contribution in [-0.4, -0.2) is 62.3 Å². The maximum absolute atomic E-state index is 12.5. The van der Waals surface area contributed by atoms with Gasteiger partial charge in [0, 0.05) is 31.2 Å². The molecule has 0 bridgehead atoms. The molecule has 5 rings (SSSR count). The zero-order chi connectivity index (χ0) is 21.9. The monoisotopic (exact) mass is 441 g/mol. The molecular formula is C22H23N3O7. The number of rotatable bonds is 6. The second-order valence-electron chi connectivity index (χ2n) is 7.68. The van der Waals surface area contributed by atoms with Crippen LogP contribution in [0.3, 0.4) is 0 Å². The molecule has 1 N–H and O–H groups in total. The van der Waals surface area contributed by atoms with E-state index in [1.54, 1.807) is 30.3 Å². The van der Waals surface area contributed by atoms with Crippen LogP contribution in [0.15, 0.2) is 36.5 Å². The molecule has 168 valence electrons. The minimum absolute atomic E-state index is 0.0840. The Morgan fingerprint density at radius 1 is 1.16 bits per heavy atom. The maximum Gasteiger partial charge on any atom is 0.414 e. The molecule has 3 aliphatic heterocycles. The number of amides is 2. The van der Waals surface area contributed by atoms with Gasteiger partial charge in [-0.3, -0.25) is 9.69 Å². The van der Waals surface area contributed by atoms with E-state index in [4.69, 9.17) is 23.7 Å². The molecule has 10 heteroatoms. The number of ether oxygens (including phenoxy) is 5. The van der Waals surface area contributed by atoms with Gasteiger partial charge in [-0.2, -0.15) is 0 Å². The number of hydrogen-bond acceptors (Lipinski definition) is 8. The normalized spacial score (nSPS) is 20.2. The molecule has 1 atom stereocenters. The largest absolute Gasteiger partial charge is 0.474 e. The molecule has 10 nitrogen and oxygen atoms in total. The van der Waals surface area contributed by atoms with Crippen molar-refractivity contribution in [3.63, 3.8) is 0 Å². The van der Waals surface area contributed by atoms with Crippen LogP contribution in [-0.2, 0) is 9.47 Å². The zero-order valence-electron chi connectivity index (χ0n) is 17.3. The van der Waals surface area contributed by atoms with Crippen molar-refractivity contribution in [1.29, 1.82) is 0 Å². The van der Waals surface area contributed by atoms with E-state index in [0.717, 1.165) is 12.8 Å². The third kappa shape index (κ3) is 4.40. The first-order valence-electron chi connectivity index (χ1n) is 10.5. The van der Waals surface area contributed by atoms with Crippen molar-refractivity contribution in [3.05, 3.63) is 42.1 Å². The van der Waals surface area contributed by atoms with E-state index in [1.165, 1.54) is 11.1 Å². The average Bonchev–Trinajstić information content (AvgIpc) is 3.44. The van der Waals surface area contributed by atoms with Gasteiger partial charge in [0.25, 0.3) is 5.91 Å². The highest BCUT2D eigenvalue weighted by Crippen LogP contribution is 2.36. The van der Waals surface area contributed by atoms with Crippen LogP contribution >= 0.6 is 0 Å². The number of pyridine rings is 1. The number of hydrogen-bond donors (Lipinski definition) is 1. The van der Waals surface area contributed by atoms with Crippen LogP contribution in [0.2, 0.25) is 0 Å². The molecule has 2 saturated heterocycles.